The Morgan fingerprint density at radius 2 is 1.94 bits per heavy atom. The SMILES string of the molecule is CC(N(C)c1ccc(Cl)cc1C#N)C(C)(C)C. The molecule has 1 rings (SSSR count). The van der Waals surface area contributed by atoms with Gasteiger partial charge in [0.05, 0.1) is 11.3 Å². The fourth-order valence-electron chi connectivity index (χ4n) is 1.69. The first-order chi connectivity index (χ1) is 7.77. The van der Waals surface area contributed by atoms with Crippen molar-refractivity contribution in [2.75, 3.05) is 11.9 Å². The minimum Gasteiger partial charge on any atom is -0.370 e. The number of anilines is 1. The minimum atomic E-state index is 0.154. The molecule has 0 aromatic heterocycles. The predicted molar refractivity (Wildman–Crippen MR) is 73.5 cm³/mol. The molecule has 0 aliphatic rings. The quantitative estimate of drug-likeness (QED) is 0.791. The van der Waals surface area contributed by atoms with Crippen LogP contribution in [0.5, 0.6) is 0 Å². The Labute approximate surface area is 109 Å². The van der Waals surface area contributed by atoms with E-state index < -0.39 is 0 Å². The van der Waals surface area contributed by atoms with Crippen LogP contribution < -0.4 is 4.90 Å². The van der Waals surface area contributed by atoms with Crippen LogP contribution in [0.1, 0.15) is 33.3 Å². The number of hydrogen-bond acceptors (Lipinski definition) is 2. The fraction of sp³-hybridized carbons (Fsp3) is 0.500. The Kier molecular flexibility index (Phi) is 4.06. The van der Waals surface area contributed by atoms with E-state index in [0.29, 0.717) is 16.6 Å². The first-order valence-electron chi connectivity index (χ1n) is 5.70. The zero-order valence-corrected chi connectivity index (χ0v) is 11.8. The van der Waals surface area contributed by atoms with E-state index in [2.05, 4.69) is 38.7 Å². The average Bonchev–Trinajstić information content (AvgIpc) is 2.25. The van der Waals surface area contributed by atoms with Crippen LogP contribution in [0.25, 0.3) is 0 Å². The van der Waals surface area contributed by atoms with Crippen LogP contribution >= 0.6 is 11.6 Å². The molecule has 17 heavy (non-hydrogen) atoms. The third-order valence-corrected chi connectivity index (χ3v) is 3.53. The third kappa shape index (κ3) is 3.14. The van der Waals surface area contributed by atoms with Gasteiger partial charge in [0.15, 0.2) is 0 Å². The van der Waals surface area contributed by atoms with Crippen molar-refractivity contribution in [3.63, 3.8) is 0 Å². The molecule has 0 heterocycles. The van der Waals surface area contributed by atoms with Gasteiger partial charge in [0.1, 0.15) is 6.07 Å². The molecule has 1 aromatic carbocycles. The van der Waals surface area contributed by atoms with Gasteiger partial charge < -0.3 is 4.90 Å². The smallest absolute Gasteiger partial charge is 0.101 e. The van der Waals surface area contributed by atoms with Crippen molar-refractivity contribution in [2.45, 2.75) is 33.7 Å². The molecule has 3 heteroatoms. The number of hydrogen-bond donors (Lipinski definition) is 0. The zero-order chi connectivity index (χ0) is 13.2. The standard InChI is InChI=1S/C14H19ClN2/c1-10(14(2,3)4)17(5)13-7-6-12(15)8-11(13)9-16/h6-8,10H,1-5H3. The van der Waals surface area contributed by atoms with Crippen molar-refractivity contribution in [3.05, 3.63) is 28.8 Å². The van der Waals surface area contributed by atoms with Crippen molar-refractivity contribution < 1.29 is 0 Å². The van der Waals surface area contributed by atoms with Crippen LogP contribution in [0.15, 0.2) is 18.2 Å². The first kappa shape index (κ1) is 13.9. The second-order valence-corrected chi connectivity index (χ2v) is 5.86. The van der Waals surface area contributed by atoms with Crippen molar-refractivity contribution in [3.8, 4) is 6.07 Å². The molecule has 0 fully saturated rings. The van der Waals surface area contributed by atoms with E-state index in [1.807, 2.05) is 19.2 Å². The Hall–Kier alpha value is -1.20. The van der Waals surface area contributed by atoms with Crippen LogP contribution in [-0.2, 0) is 0 Å². The van der Waals surface area contributed by atoms with Gasteiger partial charge in [-0.25, -0.2) is 0 Å². The predicted octanol–water partition coefficient (Wildman–Crippen LogP) is 4.08. The molecule has 0 N–H and O–H groups in total. The minimum absolute atomic E-state index is 0.154. The lowest BCUT2D eigenvalue weighted by Gasteiger charge is -2.37. The summed E-state index contributed by atoms with van der Waals surface area (Å²) < 4.78 is 0. The summed E-state index contributed by atoms with van der Waals surface area (Å²) in [6.45, 7) is 8.73. The molecular formula is C14H19ClN2. The van der Waals surface area contributed by atoms with Crippen LogP contribution in [-0.4, -0.2) is 13.1 Å². The Balaban J connectivity index is 3.13. The van der Waals surface area contributed by atoms with Crippen LogP contribution in [0.3, 0.4) is 0 Å². The molecule has 2 nitrogen and oxygen atoms in total. The summed E-state index contributed by atoms with van der Waals surface area (Å²) in [6.07, 6.45) is 0. The van der Waals surface area contributed by atoms with Crippen LogP contribution in [0.2, 0.25) is 5.02 Å². The van der Waals surface area contributed by atoms with Crippen LogP contribution in [0.4, 0.5) is 5.69 Å². The summed E-state index contributed by atoms with van der Waals surface area (Å²) in [5.41, 5.74) is 1.71. The number of nitrogens with zero attached hydrogens (tertiary/aromatic N) is 2. The summed E-state index contributed by atoms with van der Waals surface area (Å²) >= 11 is 5.90. The monoisotopic (exact) mass is 250 g/mol. The van der Waals surface area contributed by atoms with E-state index in [1.54, 1.807) is 6.07 Å². The second-order valence-electron chi connectivity index (χ2n) is 5.43. The van der Waals surface area contributed by atoms with Gasteiger partial charge in [-0.2, -0.15) is 5.26 Å². The average molecular weight is 251 g/mol. The van der Waals surface area contributed by atoms with Gasteiger partial charge in [-0.05, 0) is 30.5 Å². The zero-order valence-electron chi connectivity index (χ0n) is 11.1. The lowest BCUT2D eigenvalue weighted by atomic mass is 9.86. The van der Waals surface area contributed by atoms with Gasteiger partial charge >= 0.3 is 0 Å². The molecule has 0 spiro atoms. The molecule has 1 aromatic rings. The lowest BCUT2D eigenvalue weighted by molar-refractivity contribution is 0.329. The fourth-order valence-corrected chi connectivity index (χ4v) is 1.87. The van der Waals surface area contributed by atoms with Gasteiger partial charge in [-0.15, -0.1) is 0 Å². The molecule has 1 unspecified atom stereocenters. The van der Waals surface area contributed by atoms with Gasteiger partial charge in [-0.3, -0.25) is 0 Å². The number of nitriles is 1. The summed E-state index contributed by atoms with van der Waals surface area (Å²) in [5, 5.41) is 9.74. The second kappa shape index (κ2) is 4.98. The van der Waals surface area contributed by atoms with E-state index in [-0.39, 0.29) is 5.41 Å². The largest absolute Gasteiger partial charge is 0.370 e. The lowest BCUT2D eigenvalue weighted by Crippen LogP contribution is -2.39. The maximum Gasteiger partial charge on any atom is 0.101 e. The maximum absolute atomic E-state index is 9.14. The van der Waals surface area contributed by atoms with Gasteiger partial charge in [-0.1, -0.05) is 32.4 Å². The van der Waals surface area contributed by atoms with E-state index in [4.69, 9.17) is 16.9 Å². The normalized spacial score (nSPS) is 13.0. The third-order valence-electron chi connectivity index (χ3n) is 3.29. The topological polar surface area (TPSA) is 27.0 Å². The summed E-state index contributed by atoms with van der Waals surface area (Å²) in [4.78, 5) is 2.13. The molecule has 0 radical (unpaired) electrons. The molecule has 0 saturated heterocycles. The van der Waals surface area contributed by atoms with E-state index in [1.165, 1.54) is 0 Å². The number of benzene rings is 1. The molecule has 92 valence electrons. The highest BCUT2D eigenvalue weighted by Crippen LogP contribution is 2.30. The number of rotatable bonds is 2. The summed E-state index contributed by atoms with van der Waals surface area (Å²) in [6, 6.07) is 7.97. The van der Waals surface area contributed by atoms with Crippen molar-refractivity contribution >= 4 is 17.3 Å². The maximum atomic E-state index is 9.14. The Morgan fingerprint density at radius 1 is 1.35 bits per heavy atom. The van der Waals surface area contributed by atoms with Crippen molar-refractivity contribution in [1.82, 2.24) is 0 Å². The van der Waals surface area contributed by atoms with Crippen molar-refractivity contribution in [1.29, 1.82) is 5.26 Å². The van der Waals surface area contributed by atoms with Crippen LogP contribution in [0, 0.1) is 16.7 Å². The highest BCUT2D eigenvalue weighted by atomic mass is 35.5. The molecule has 0 amide bonds. The summed E-state index contributed by atoms with van der Waals surface area (Å²) in [5.74, 6) is 0. The molecular weight excluding hydrogens is 232 g/mol. The highest BCUT2D eigenvalue weighted by molar-refractivity contribution is 6.30. The first-order valence-corrected chi connectivity index (χ1v) is 6.07. The summed E-state index contributed by atoms with van der Waals surface area (Å²) in [7, 11) is 2.01. The van der Waals surface area contributed by atoms with Gasteiger partial charge in [0.25, 0.3) is 0 Å². The highest BCUT2D eigenvalue weighted by Gasteiger charge is 2.25. The molecule has 0 bridgehead atoms. The molecule has 0 aliphatic heterocycles. The van der Waals surface area contributed by atoms with Gasteiger partial charge in [0, 0.05) is 18.1 Å². The van der Waals surface area contributed by atoms with Gasteiger partial charge in [0.2, 0.25) is 0 Å². The van der Waals surface area contributed by atoms with E-state index in [0.717, 1.165) is 5.69 Å². The Bertz CT molecular complexity index is 441. The number of halogens is 1. The van der Waals surface area contributed by atoms with E-state index in [9.17, 15) is 0 Å². The molecule has 0 aliphatic carbocycles. The van der Waals surface area contributed by atoms with Crippen molar-refractivity contribution in [2.24, 2.45) is 5.41 Å². The Morgan fingerprint density at radius 3 is 2.41 bits per heavy atom. The van der Waals surface area contributed by atoms with E-state index >= 15 is 0 Å². The molecule has 0 saturated carbocycles. The molecule has 1 atom stereocenters.